The Kier molecular flexibility index (Phi) is 8.57. The zero-order valence-corrected chi connectivity index (χ0v) is 18.6. The van der Waals surface area contributed by atoms with E-state index in [0.29, 0.717) is 0 Å². The molecule has 0 N–H and O–H groups in total. The van der Waals surface area contributed by atoms with Crippen LogP contribution in [0.25, 0.3) is 0 Å². The van der Waals surface area contributed by atoms with Gasteiger partial charge in [0.05, 0.1) is 13.2 Å². The van der Waals surface area contributed by atoms with Crippen molar-refractivity contribution in [2.45, 2.75) is 58.8 Å². The first kappa shape index (κ1) is 22.8. The largest absolute Gasteiger partial charge is 0.493 e. The molecule has 0 unspecified atom stereocenters. The van der Waals surface area contributed by atoms with Crippen molar-refractivity contribution in [2.24, 2.45) is 0 Å². The lowest BCUT2D eigenvalue weighted by atomic mass is 9.77. The molecule has 2 aromatic carbocycles. The molecule has 0 saturated heterocycles. The first-order valence-corrected chi connectivity index (χ1v) is 10.7. The highest BCUT2D eigenvalue weighted by molar-refractivity contribution is 5.48. The molecule has 2 nitrogen and oxygen atoms in total. The van der Waals surface area contributed by atoms with Crippen LogP contribution in [0.2, 0.25) is 0 Å². The highest BCUT2D eigenvalue weighted by atomic mass is 16.5. The summed E-state index contributed by atoms with van der Waals surface area (Å²) in [4.78, 5) is 0. The SMILES string of the molecule is C=CCc1cc(C(C)(C)c2ccc(OCCC)c(CC=C)c2)ccc1OCCC. The molecule has 2 heteroatoms. The van der Waals surface area contributed by atoms with Gasteiger partial charge in [-0.1, -0.05) is 64.1 Å². The van der Waals surface area contributed by atoms with Gasteiger partial charge in [0.25, 0.3) is 0 Å². The normalized spacial score (nSPS) is 11.2. The van der Waals surface area contributed by atoms with Crippen molar-refractivity contribution < 1.29 is 9.47 Å². The fraction of sp³-hybridized carbons (Fsp3) is 0.407. The van der Waals surface area contributed by atoms with E-state index >= 15 is 0 Å². The van der Waals surface area contributed by atoms with Gasteiger partial charge < -0.3 is 9.47 Å². The summed E-state index contributed by atoms with van der Waals surface area (Å²) in [6, 6.07) is 13.1. The van der Waals surface area contributed by atoms with Gasteiger partial charge in [-0.2, -0.15) is 0 Å². The maximum absolute atomic E-state index is 5.94. The van der Waals surface area contributed by atoms with Crippen molar-refractivity contribution in [1.29, 1.82) is 0 Å². The standard InChI is InChI=1S/C27H36O2/c1-7-11-21-19-23(13-15-25(21)28-17-9-3)27(5,6)24-14-16-26(29-18-10-4)22(20-24)12-8-2/h7-8,13-16,19-20H,1-2,9-12,17-18H2,3-6H3. The zero-order valence-electron chi connectivity index (χ0n) is 18.6. The third-order valence-corrected chi connectivity index (χ3v) is 5.22. The quantitative estimate of drug-likeness (QED) is 0.360. The Morgan fingerprint density at radius 3 is 1.52 bits per heavy atom. The summed E-state index contributed by atoms with van der Waals surface area (Å²) in [5, 5.41) is 0. The third kappa shape index (κ3) is 5.76. The summed E-state index contributed by atoms with van der Waals surface area (Å²) in [7, 11) is 0. The smallest absolute Gasteiger partial charge is 0.122 e. The van der Waals surface area contributed by atoms with Crippen molar-refractivity contribution in [3.05, 3.63) is 84.0 Å². The number of rotatable bonds is 12. The predicted molar refractivity (Wildman–Crippen MR) is 124 cm³/mol. The highest BCUT2D eigenvalue weighted by Crippen LogP contribution is 2.36. The lowest BCUT2D eigenvalue weighted by Crippen LogP contribution is -2.20. The summed E-state index contributed by atoms with van der Waals surface area (Å²) in [5.74, 6) is 1.92. The van der Waals surface area contributed by atoms with E-state index in [9.17, 15) is 0 Å². The van der Waals surface area contributed by atoms with Crippen molar-refractivity contribution in [2.75, 3.05) is 13.2 Å². The molecule has 2 aromatic rings. The van der Waals surface area contributed by atoms with Gasteiger partial charge in [-0.3, -0.25) is 0 Å². The van der Waals surface area contributed by atoms with Crippen molar-refractivity contribution in [3.63, 3.8) is 0 Å². The molecule has 0 heterocycles. The second kappa shape index (κ2) is 10.9. The number of benzene rings is 2. The Hall–Kier alpha value is -2.48. The Morgan fingerprint density at radius 2 is 1.17 bits per heavy atom. The molecule has 2 rings (SSSR count). The lowest BCUT2D eigenvalue weighted by molar-refractivity contribution is 0.314. The van der Waals surface area contributed by atoms with E-state index < -0.39 is 0 Å². The Morgan fingerprint density at radius 1 is 0.759 bits per heavy atom. The molecular weight excluding hydrogens is 356 g/mol. The Bertz CT molecular complexity index is 750. The highest BCUT2D eigenvalue weighted by Gasteiger charge is 2.25. The monoisotopic (exact) mass is 392 g/mol. The van der Waals surface area contributed by atoms with Gasteiger partial charge in [-0.15, -0.1) is 13.2 Å². The number of hydrogen-bond donors (Lipinski definition) is 0. The van der Waals surface area contributed by atoms with Crippen molar-refractivity contribution in [1.82, 2.24) is 0 Å². The van der Waals surface area contributed by atoms with Gasteiger partial charge in [0.15, 0.2) is 0 Å². The molecule has 0 spiro atoms. The second-order valence-corrected chi connectivity index (χ2v) is 7.95. The van der Waals surface area contributed by atoms with Crippen LogP contribution < -0.4 is 9.47 Å². The summed E-state index contributed by atoms with van der Waals surface area (Å²) < 4.78 is 11.9. The van der Waals surface area contributed by atoms with E-state index in [1.165, 1.54) is 22.3 Å². The molecule has 0 atom stereocenters. The topological polar surface area (TPSA) is 18.5 Å². The minimum Gasteiger partial charge on any atom is -0.493 e. The molecule has 0 aliphatic heterocycles. The summed E-state index contributed by atoms with van der Waals surface area (Å²) in [6.45, 7) is 18.1. The molecule has 0 aliphatic rings. The van der Waals surface area contributed by atoms with E-state index in [1.54, 1.807) is 0 Å². The van der Waals surface area contributed by atoms with Gasteiger partial charge in [-0.05, 0) is 60.1 Å². The third-order valence-electron chi connectivity index (χ3n) is 5.22. The molecular formula is C27H36O2. The van der Waals surface area contributed by atoms with Crippen molar-refractivity contribution in [3.8, 4) is 11.5 Å². The van der Waals surface area contributed by atoms with E-state index in [1.807, 2.05) is 12.2 Å². The Labute approximate surface area is 177 Å². The zero-order chi connectivity index (χ0) is 21.3. The van der Waals surface area contributed by atoms with Crippen LogP contribution in [-0.4, -0.2) is 13.2 Å². The maximum atomic E-state index is 5.94. The van der Waals surface area contributed by atoms with Crippen LogP contribution in [0.3, 0.4) is 0 Å². The lowest BCUT2D eigenvalue weighted by Gasteiger charge is -2.28. The molecule has 0 aromatic heterocycles. The molecule has 156 valence electrons. The molecule has 0 aliphatic carbocycles. The number of allylic oxidation sites excluding steroid dienone is 2. The average molecular weight is 393 g/mol. The summed E-state index contributed by atoms with van der Waals surface area (Å²) >= 11 is 0. The van der Waals surface area contributed by atoms with Gasteiger partial charge >= 0.3 is 0 Å². The average Bonchev–Trinajstić information content (AvgIpc) is 2.72. The van der Waals surface area contributed by atoms with Gasteiger partial charge in [-0.25, -0.2) is 0 Å². The summed E-state index contributed by atoms with van der Waals surface area (Å²) in [5.41, 5.74) is 4.77. The minimum absolute atomic E-state index is 0.140. The fourth-order valence-corrected chi connectivity index (χ4v) is 3.44. The first-order chi connectivity index (χ1) is 14.0. The van der Waals surface area contributed by atoms with Crippen LogP contribution in [0.1, 0.15) is 62.8 Å². The molecule has 0 amide bonds. The number of ether oxygens (including phenoxy) is 2. The van der Waals surface area contributed by atoms with E-state index in [-0.39, 0.29) is 5.41 Å². The predicted octanol–water partition coefficient (Wildman–Crippen LogP) is 7.05. The van der Waals surface area contributed by atoms with Gasteiger partial charge in [0, 0.05) is 5.41 Å². The molecule has 0 radical (unpaired) electrons. The maximum Gasteiger partial charge on any atom is 0.122 e. The minimum atomic E-state index is -0.140. The van der Waals surface area contributed by atoms with Gasteiger partial charge in [0.2, 0.25) is 0 Å². The van der Waals surface area contributed by atoms with E-state index in [4.69, 9.17) is 9.47 Å². The van der Waals surface area contributed by atoms with Crippen LogP contribution in [0.4, 0.5) is 0 Å². The Balaban J connectivity index is 2.42. The molecule has 0 fully saturated rings. The van der Waals surface area contributed by atoms with Crippen molar-refractivity contribution >= 4 is 0 Å². The second-order valence-electron chi connectivity index (χ2n) is 7.95. The summed E-state index contributed by atoms with van der Waals surface area (Å²) in [6.07, 6.45) is 7.47. The van der Waals surface area contributed by atoms with Crippen LogP contribution in [-0.2, 0) is 18.3 Å². The number of hydrogen-bond acceptors (Lipinski definition) is 2. The van der Waals surface area contributed by atoms with Crippen LogP contribution in [0, 0.1) is 0 Å². The van der Waals surface area contributed by atoms with E-state index in [0.717, 1.165) is 50.4 Å². The van der Waals surface area contributed by atoms with Gasteiger partial charge in [0.1, 0.15) is 11.5 Å². The van der Waals surface area contributed by atoms with Crippen LogP contribution in [0.5, 0.6) is 11.5 Å². The van der Waals surface area contributed by atoms with E-state index in [2.05, 4.69) is 77.3 Å². The molecule has 29 heavy (non-hydrogen) atoms. The molecule has 0 saturated carbocycles. The van der Waals surface area contributed by atoms with Crippen LogP contribution >= 0.6 is 0 Å². The molecule has 0 bridgehead atoms. The fourth-order valence-electron chi connectivity index (χ4n) is 3.44. The van der Waals surface area contributed by atoms with Crippen LogP contribution in [0.15, 0.2) is 61.7 Å². The first-order valence-electron chi connectivity index (χ1n) is 10.7.